The third-order valence-corrected chi connectivity index (χ3v) is 9.56. The zero-order valence-electron chi connectivity index (χ0n) is 19.2. The minimum atomic E-state index is -3.57. The smallest absolute Gasteiger partial charge is 0.261 e. The Kier molecular flexibility index (Phi) is 6.74. The molecule has 33 heavy (non-hydrogen) atoms. The molecule has 1 atom stereocenters. The van der Waals surface area contributed by atoms with Crippen LogP contribution in [0.1, 0.15) is 75.7 Å². The molecule has 2 bridgehead atoms. The highest BCUT2D eigenvalue weighted by Gasteiger charge is 2.37. The molecule has 7 nitrogen and oxygen atoms in total. The monoisotopic (exact) mass is 474 g/mol. The number of nitrogens with zero attached hydrogens (tertiary/aromatic N) is 2. The summed E-state index contributed by atoms with van der Waals surface area (Å²) < 4.78 is 42.6. The van der Waals surface area contributed by atoms with E-state index >= 15 is 0 Å². The number of ether oxygens (including phenoxy) is 2. The second-order valence-electron chi connectivity index (χ2n) is 9.84. The highest BCUT2D eigenvalue weighted by molar-refractivity contribution is 7.90. The Morgan fingerprint density at radius 1 is 0.970 bits per heavy atom. The van der Waals surface area contributed by atoms with Crippen molar-refractivity contribution in [2.75, 3.05) is 19.8 Å². The van der Waals surface area contributed by atoms with Gasteiger partial charge in [0.25, 0.3) is 15.9 Å². The van der Waals surface area contributed by atoms with Crippen molar-refractivity contribution in [2.45, 2.75) is 87.5 Å². The predicted molar refractivity (Wildman–Crippen MR) is 126 cm³/mol. The molecule has 2 aliphatic carbocycles. The van der Waals surface area contributed by atoms with Gasteiger partial charge < -0.3 is 14.4 Å². The molecule has 0 spiro atoms. The van der Waals surface area contributed by atoms with Crippen LogP contribution in [0, 0.1) is 0 Å². The van der Waals surface area contributed by atoms with Crippen LogP contribution in [-0.4, -0.2) is 62.1 Å². The van der Waals surface area contributed by atoms with E-state index in [0.717, 1.165) is 44.3 Å². The Hall–Kier alpha value is -1.93. The van der Waals surface area contributed by atoms with Crippen molar-refractivity contribution in [2.24, 2.45) is 4.40 Å². The summed E-state index contributed by atoms with van der Waals surface area (Å²) in [6, 6.07) is 7.57. The Morgan fingerprint density at radius 2 is 1.73 bits per heavy atom. The van der Waals surface area contributed by atoms with Crippen molar-refractivity contribution < 1.29 is 22.7 Å². The van der Waals surface area contributed by atoms with Crippen LogP contribution in [-0.2, 0) is 19.6 Å². The predicted octanol–water partition coefficient (Wildman–Crippen LogP) is 3.83. The maximum atomic E-state index is 13.2. The summed E-state index contributed by atoms with van der Waals surface area (Å²) in [7, 11) is -3.57. The van der Waals surface area contributed by atoms with E-state index in [9.17, 15) is 13.2 Å². The number of fused-ring (bicyclic) bond motifs is 5. The third kappa shape index (κ3) is 4.97. The summed E-state index contributed by atoms with van der Waals surface area (Å²) in [6.07, 6.45) is 8.58. The first-order chi connectivity index (χ1) is 16.0. The second kappa shape index (κ2) is 9.74. The summed E-state index contributed by atoms with van der Waals surface area (Å²) in [5.74, 6) is 1.05. The maximum absolute atomic E-state index is 13.2. The minimum absolute atomic E-state index is 0.0632. The normalized spacial score (nSPS) is 30.7. The number of amides is 1. The fourth-order valence-electron chi connectivity index (χ4n) is 5.89. The van der Waals surface area contributed by atoms with E-state index in [1.807, 2.05) is 18.2 Å². The fourth-order valence-corrected chi connectivity index (χ4v) is 7.51. The molecule has 0 N–H and O–H groups in total. The summed E-state index contributed by atoms with van der Waals surface area (Å²) in [5.41, 5.74) is 1.74. The zero-order chi connectivity index (χ0) is 22.8. The number of piperidine rings is 1. The van der Waals surface area contributed by atoms with Crippen molar-refractivity contribution in [1.82, 2.24) is 4.90 Å². The van der Waals surface area contributed by atoms with Crippen molar-refractivity contribution in [3.05, 3.63) is 29.8 Å². The van der Waals surface area contributed by atoms with Gasteiger partial charge >= 0.3 is 0 Å². The van der Waals surface area contributed by atoms with Gasteiger partial charge in [-0.05, 0) is 68.9 Å². The maximum Gasteiger partial charge on any atom is 0.261 e. The number of rotatable bonds is 2. The van der Waals surface area contributed by atoms with Crippen molar-refractivity contribution >= 4 is 21.6 Å². The molecule has 1 aromatic rings. The van der Waals surface area contributed by atoms with Gasteiger partial charge in [0.1, 0.15) is 5.75 Å². The molecule has 180 valence electrons. The first-order valence-corrected chi connectivity index (χ1v) is 14.0. The highest BCUT2D eigenvalue weighted by atomic mass is 32.2. The van der Waals surface area contributed by atoms with Gasteiger partial charge in [-0.1, -0.05) is 31.0 Å². The average Bonchev–Trinajstić information content (AvgIpc) is 3.38. The van der Waals surface area contributed by atoms with Crippen LogP contribution in [0.25, 0.3) is 0 Å². The molecule has 0 aromatic heterocycles. The van der Waals surface area contributed by atoms with Crippen LogP contribution < -0.4 is 4.74 Å². The Bertz CT molecular complexity index is 994. The van der Waals surface area contributed by atoms with Crippen LogP contribution >= 0.6 is 0 Å². The lowest BCUT2D eigenvalue weighted by Crippen LogP contribution is -2.53. The van der Waals surface area contributed by atoms with Gasteiger partial charge in [0.2, 0.25) is 0 Å². The Balaban J connectivity index is 1.44. The topological polar surface area (TPSA) is 85.3 Å². The highest BCUT2D eigenvalue weighted by Crippen LogP contribution is 2.39. The van der Waals surface area contributed by atoms with Gasteiger partial charge in [0, 0.05) is 6.54 Å². The molecule has 8 heteroatoms. The van der Waals surface area contributed by atoms with Gasteiger partial charge in [0.15, 0.2) is 6.61 Å². The molecule has 3 fully saturated rings. The van der Waals surface area contributed by atoms with Crippen LogP contribution in [0.15, 0.2) is 28.7 Å². The molecule has 0 radical (unpaired) electrons. The van der Waals surface area contributed by atoms with Crippen LogP contribution in [0.5, 0.6) is 5.75 Å². The zero-order valence-corrected chi connectivity index (χ0v) is 20.0. The van der Waals surface area contributed by atoms with Crippen molar-refractivity contribution in [3.8, 4) is 5.75 Å². The molecule has 1 amide bonds. The summed E-state index contributed by atoms with van der Waals surface area (Å²) in [6.45, 7) is 0.799. The molecular weight excluding hydrogens is 440 g/mol. The van der Waals surface area contributed by atoms with Gasteiger partial charge in [-0.25, -0.2) is 8.42 Å². The lowest BCUT2D eigenvalue weighted by Gasteiger charge is -2.37. The summed E-state index contributed by atoms with van der Waals surface area (Å²) >= 11 is 0. The van der Waals surface area contributed by atoms with Crippen molar-refractivity contribution in [1.29, 1.82) is 0 Å². The Labute approximate surface area is 196 Å². The van der Waals surface area contributed by atoms with Gasteiger partial charge in [-0.15, -0.1) is 0 Å². The van der Waals surface area contributed by atoms with E-state index < -0.39 is 16.1 Å². The lowest BCUT2D eigenvalue weighted by molar-refractivity contribution is -0.136. The van der Waals surface area contributed by atoms with E-state index in [-0.39, 0.29) is 23.9 Å². The van der Waals surface area contributed by atoms with Crippen LogP contribution in [0.2, 0.25) is 0 Å². The van der Waals surface area contributed by atoms with Gasteiger partial charge in [0.05, 0.1) is 29.7 Å². The number of carbonyl (C=O) groups is 1. The first-order valence-electron chi connectivity index (χ1n) is 12.5. The summed E-state index contributed by atoms with van der Waals surface area (Å²) in [5, 5.41) is -0.387. The summed E-state index contributed by atoms with van der Waals surface area (Å²) in [4.78, 5) is 15.0. The molecule has 0 unspecified atom stereocenters. The number of carbonyl (C=O) groups excluding carboxylic acids is 1. The quantitative estimate of drug-likeness (QED) is 0.650. The fraction of sp³-hybridized carbons (Fsp3) is 0.680. The third-order valence-electron chi connectivity index (χ3n) is 7.76. The molecule has 3 heterocycles. The molecular formula is C25H34N2O5S. The number of hydrogen-bond donors (Lipinski definition) is 0. The first kappa shape index (κ1) is 22.8. The average molecular weight is 475 g/mol. The second-order valence-corrected chi connectivity index (χ2v) is 11.7. The number of sulfonamides is 1. The van der Waals surface area contributed by atoms with E-state index in [4.69, 9.17) is 9.47 Å². The van der Waals surface area contributed by atoms with Crippen molar-refractivity contribution in [3.63, 3.8) is 0 Å². The van der Waals surface area contributed by atoms with E-state index in [1.165, 1.54) is 5.56 Å². The van der Waals surface area contributed by atoms with E-state index in [1.54, 1.807) is 4.90 Å². The minimum Gasteiger partial charge on any atom is -0.483 e. The van der Waals surface area contributed by atoms with Crippen LogP contribution in [0.4, 0.5) is 0 Å². The molecule has 6 rings (SSSR count). The number of hydrogen-bond acceptors (Lipinski definition) is 5. The standard InChI is InChI=1S/C25H34N2O5S/c28-25-17-32-24-10-4-3-8-21(24)18-11-13-19(14-12-18)31-16-23-22(9-5-15-27(23)25)26-33(29,30)20-6-1-2-7-20/h3-4,8,10,18-20,23H,1-2,5-7,9,11-17H2/b26-22+/t18?,19?,23-/m0/s1. The Morgan fingerprint density at radius 3 is 2.52 bits per heavy atom. The van der Waals surface area contributed by atoms with Gasteiger partial charge in [-0.2, -0.15) is 4.40 Å². The molecule has 1 aromatic carbocycles. The number of benzene rings is 1. The molecule has 1 saturated heterocycles. The lowest BCUT2D eigenvalue weighted by atomic mass is 9.82. The van der Waals surface area contributed by atoms with Crippen LogP contribution in [0.3, 0.4) is 0 Å². The molecule has 3 aliphatic heterocycles. The van der Waals surface area contributed by atoms with E-state index in [2.05, 4.69) is 10.5 Å². The molecule has 2 saturated carbocycles. The SMILES string of the molecule is O=C1COc2ccccc2C2CCC(CC2)OC[C@H]2/C(=N/S(=O)(=O)C3CCCC3)CCCN12. The van der Waals surface area contributed by atoms with Gasteiger partial charge in [-0.3, -0.25) is 4.79 Å². The largest absolute Gasteiger partial charge is 0.483 e. The molecule has 5 aliphatic rings. The van der Waals surface area contributed by atoms with E-state index in [0.29, 0.717) is 50.5 Å². The number of para-hydroxylation sites is 1.